The monoisotopic (exact) mass is 1020 g/mol. The number of nitrogens with one attached hydrogen (secondary N) is 1. The molecule has 4 amide bonds. The van der Waals surface area contributed by atoms with Gasteiger partial charge in [0.25, 0.3) is 43.9 Å². The fraction of sp³-hybridized carbons (Fsp3) is 0.319. The molecule has 372 valence electrons. The number of carbonyl (C=O) groups excluding carboxylic acids is 4. The van der Waals surface area contributed by atoms with Crippen LogP contribution < -0.4 is 14.8 Å². The Labute approximate surface area is 406 Å². The van der Waals surface area contributed by atoms with Crippen LogP contribution in [0.2, 0.25) is 0 Å². The van der Waals surface area contributed by atoms with Crippen LogP contribution in [0.3, 0.4) is 0 Å². The van der Waals surface area contributed by atoms with Gasteiger partial charge in [-0.25, -0.2) is 18.0 Å². The maximum absolute atomic E-state index is 13.1. The Bertz CT molecular complexity index is 3120. The Morgan fingerprint density at radius 2 is 1.50 bits per heavy atom. The molecule has 4 heterocycles. The number of allylic oxidation sites excluding steroid dienone is 8. The van der Waals surface area contributed by atoms with E-state index in [9.17, 15) is 58.1 Å². The Morgan fingerprint density at radius 1 is 0.843 bits per heavy atom. The summed E-state index contributed by atoms with van der Waals surface area (Å²) < 4.78 is 104. The standard InChI is InChI=1S/C47H52N6O14S3/c1-46(2)37-29-33(45(57)50(4)67-5)31-51(24-11-27-68(58,59)60)43(37)49-39(46)13-9-7-6-8-10-14-40-47(3,34-17-15-32(16-18-34)44(56)48-23-26-53-41(54)21-22-42(53)55)36-30-35(70(64,65)66)19-20-38(36)52(40)25-12-28-69(61,62)63/h6-10,13-22,29-31H,11-12,23-28H2,1-5H3,(H3-,48,56,58,59,60,61,62,63,64,65,66). The van der Waals surface area contributed by atoms with Crippen LogP contribution in [0.25, 0.3) is 0 Å². The summed E-state index contributed by atoms with van der Waals surface area (Å²) in [6.45, 7) is 5.75. The van der Waals surface area contributed by atoms with Crippen molar-refractivity contribution in [1.29, 1.82) is 0 Å². The zero-order valence-corrected chi connectivity index (χ0v) is 41.3. The summed E-state index contributed by atoms with van der Waals surface area (Å²) >= 11 is 0. The van der Waals surface area contributed by atoms with Gasteiger partial charge in [0, 0.05) is 61.5 Å². The fourth-order valence-electron chi connectivity index (χ4n) is 8.36. The van der Waals surface area contributed by atoms with E-state index in [1.165, 1.54) is 38.6 Å². The third-order valence-corrected chi connectivity index (χ3v) is 14.6. The lowest BCUT2D eigenvalue weighted by atomic mass is 9.75. The molecule has 1 aromatic heterocycles. The predicted molar refractivity (Wildman–Crippen MR) is 256 cm³/mol. The number of fused-ring (bicyclic) bond motifs is 2. The van der Waals surface area contributed by atoms with Gasteiger partial charge in [-0.15, -0.1) is 0 Å². The van der Waals surface area contributed by atoms with E-state index >= 15 is 0 Å². The van der Waals surface area contributed by atoms with Crippen molar-refractivity contribution >= 4 is 71.2 Å². The van der Waals surface area contributed by atoms with Gasteiger partial charge in [0.1, 0.15) is 6.20 Å². The number of benzene rings is 2. The van der Waals surface area contributed by atoms with Crippen LogP contribution in [0.5, 0.6) is 0 Å². The number of hydrogen-bond donors (Lipinski definition) is 3. The molecule has 23 heteroatoms. The van der Waals surface area contributed by atoms with Crippen molar-refractivity contribution in [3.8, 4) is 0 Å². The first-order valence-corrected chi connectivity index (χ1v) is 26.3. The second-order valence-electron chi connectivity index (χ2n) is 17.1. The van der Waals surface area contributed by atoms with E-state index in [0.29, 0.717) is 39.6 Å². The summed E-state index contributed by atoms with van der Waals surface area (Å²) in [5.41, 5.74) is 1.94. The number of hydroxylamine groups is 2. The fourth-order valence-corrected chi connectivity index (χ4v) is 9.84. The maximum Gasteiger partial charge on any atom is 0.327 e. The first-order chi connectivity index (χ1) is 32.8. The smallest absolute Gasteiger partial charge is 0.327 e. The first-order valence-electron chi connectivity index (χ1n) is 21.7. The highest BCUT2D eigenvalue weighted by Gasteiger charge is 2.46. The average Bonchev–Trinajstić information content (AvgIpc) is 3.84. The third-order valence-electron chi connectivity index (χ3n) is 12.1. The van der Waals surface area contributed by atoms with E-state index in [2.05, 4.69) is 5.32 Å². The number of nitrogens with zero attached hydrogens (tertiary/aromatic N) is 5. The zero-order chi connectivity index (χ0) is 51.4. The Kier molecular flexibility index (Phi) is 15.8. The van der Waals surface area contributed by atoms with E-state index in [1.54, 1.807) is 89.3 Å². The molecule has 1 unspecified atom stereocenters. The van der Waals surface area contributed by atoms with E-state index in [0.717, 1.165) is 22.1 Å². The molecule has 3 aliphatic rings. The number of anilines is 1. The number of amides is 4. The highest BCUT2D eigenvalue weighted by Crippen LogP contribution is 2.52. The molecule has 20 nitrogen and oxygen atoms in total. The van der Waals surface area contributed by atoms with Gasteiger partial charge < -0.3 is 14.8 Å². The lowest BCUT2D eigenvalue weighted by Gasteiger charge is -2.31. The van der Waals surface area contributed by atoms with Crippen LogP contribution in [0, 0.1) is 0 Å². The molecular formula is C47H52N6O14S3. The quantitative estimate of drug-likeness (QED) is 0.0481. The number of rotatable bonds is 20. The van der Waals surface area contributed by atoms with Gasteiger partial charge in [0.15, 0.2) is 5.71 Å². The van der Waals surface area contributed by atoms with Gasteiger partial charge in [0.2, 0.25) is 0 Å². The third kappa shape index (κ3) is 11.9. The summed E-state index contributed by atoms with van der Waals surface area (Å²) in [6, 6.07) is 12.2. The number of hydrogen-bond acceptors (Lipinski definition) is 14. The molecule has 70 heavy (non-hydrogen) atoms. The number of aryl methyl sites for hydroxylation is 1. The minimum Gasteiger partial charge on any atom is -0.748 e. The number of imide groups is 1. The Hall–Kier alpha value is -6.47. The molecule has 6 rings (SSSR count). The first kappa shape index (κ1) is 52.9. The molecule has 3 N–H and O–H groups in total. The molecule has 0 fully saturated rings. The summed E-state index contributed by atoms with van der Waals surface area (Å²) in [5, 5.41) is 3.74. The van der Waals surface area contributed by atoms with Crippen LogP contribution in [0.4, 0.5) is 11.5 Å². The van der Waals surface area contributed by atoms with Crippen LogP contribution in [-0.2, 0) is 62.2 Å². The van der Waals surface area contributed by atoms with Crippen LogP contribution in [0.15, 0.2) is 125 Å². The van der Waals surface area contributed by atoms with Crippen molar-refractivity contribution in [3.05, 3.63) is 143 Å². The zero-order valence-electron chi connectivity index (χ0n) is 38.8. The molecule has 0 saturated carbocycles. The lowest BCUT2D eigenvalue weighted by Crippen LogP contribution is -2.38. The second-order valence-corrected chi connectivity index (χ2v) is 21.6. The highest BCUT2D eigenvalue weighted by atomic mass is 32.2. The maximum atomic E-state index is 13.1. The highest BCUT2D eigenvalue weighted by molar-refractivity contribution is 7.86. The molecule has 1 atom stereocenters. The summed E-state index contributed by atoms with van der Waals surface area (Å²) in [7, 11) is -10.7. The van der Waals surface area contributed by atoms with E-state index in [-0.39, 0.29) is 50.1 Å². The molecule has 3 aliphatic heterocycles. The van der Waals surface area contributed by atoms with E-state index in [1.807, 2.05) is 13.8 Å². The molecule has 0 spiro atoms. The van der Waals surface area contributed by atoms with Crippen molar-refractivity contribution in [3.63, 3.8) is 0 Å². The Morgan fingerprint density at radius 3 is 2.13 bits per heavy atom. The Balaban J connectivity index is 1.30. The second kappa shape index (κ2) is 20.9. The normalized spacial score (nSPS) is 18.5. The molecule has 2 aromatic carbocycles. The molecular weight excluding hydrogens is 969 g/mol. The average molecular weight is 1020 g/mol. The van der Waals surface area contributed by atoms with E-state index in [4.69, 9.17) is 9.83 Å². The molecule has 0 radical (unpaired) electrons. The van der Waals surface area contributed by atoms with Gasteiger partial charge in [0.05, 0.1) is 56.4 Å². The van der Waals surface area contributed by atoms with Gasteiger partial charge in [-0.1, -0.05) is 42.5 Å². The predicted octanol–water partition coefficient (Wildman–Crippen LogP) is 3.46. The minimum atomic E-state index is -4.69. The molecule has 0 bridgehead atoms. The van der Waals surface area contributed by atoms with Gasteiger partial charge in [-0.2, -0.15) is 16.8 Å². The van der Waals surface area contributed by atoms with Crippen molar-refractivity contribution in [2.45, 2.75) is 55.9 Å². The minimum absolute atomic E-state index is 0.00750. The number of aromatic nitrogens is 1. The lowest BCUT2D eigenvalue weighted by molar-refractivity contribution is -0.684. The summed E-state index contributed by atoms with van der Waals surface area (Å²) in [5.74, 6) is -2.59. The summed E-state index contributed by atoms with van der Waals surface area (Å²) in [4.78, 5) is 62.4. The molecule has 0 aliphatic carbocycles. The van der Waals surface area contributed by atoms with Crippen molar-refractivity contribution in [1.82, 2.24) is 15.3 Å². The van der Waals surface area contributed by atoms with E-state index < -0.39 is 81.2 Å². The van der Waals surface area contributed by atoms with Crippen LogP contribution in [-0.4, -0.2) is 124 Å². The topological polar surface area (TPSA) is 281 Å². The van der Waals surface area contributed by atoms with Crippen molar-refractivity contribution < 1.29 is 67.5 Å². The van der Waals surface area contributed by atoms with Gasteiger partial charge in [-0.3, -0.25) is 38.0 Å². The molecule has 3 aromatic rings. The molecule has 0 saturated heterocycles. The summed E-state index contributed by atoms with van der Waals surface area (Å²) in [6.07, 6.45) is 16.0. The van der Waals surface area contributed by atoms with Crippen molar-refractivity contribution in [2.75, 3.05) is 50.2 Å². The number of aliphatic imine (C=N–C) groups is 1. The van der Waals surface area contributed by atoms with Crippen LogP contribution >= 0.6 is 0 Å². The largest absolute Gasteiger partial charge is 0.748 e. The SMILES string of the molecule is CON(C)C(=O)c1cc2c([n+](CCCS(=O)(=O)[O-])c1)N=C(/C=C/C=C/C=C/C=C1/N(CCCS(=O)(=O)O)c3ccc(S(=O)(=O)O)cc3C1(C)c1ccc(C(=O)NCCN3C(=O)C=CC3=O)cc1)C2(C)C. The number of pyridine rings is 1. The van der Waals surface area contributed by atoms with Gasteiger partial charge >= 0.3 is 5.82 Å². The van der Waals surface area contributed by atoms with Crippen LogP contribution in [0.1, 0.15) is 71.0 Å². The van der Waals surface area contributed by atoms with Crippen molar-refractivity contribution in [2.24, 2.45) is 4.99 Å². The van der Waals surface area contributed by atoms with Gasteiger partial charge in [-0.05, 0) is 98.3 Å². The number of carbonyl (C=O) groups is 4.